The van der Waals surface area contributed by atoms with Crippen molar-refractivity contribution in [1.82, 2.24) is 24.0 Å². The summed E-state index contributed by atoms with van der Waals surface area (Å²) in [6, 6.07) is 16.4. The average Bonchev–Trinajstić information content (AvgIpc) is 3.55. The van der Waals surface area contributed by atoms with E-state index >= 15 is 0 Å². The number of rotatable bonds is 9. The van der Waals surface area contributed by atoms with E-state index in [9.17, 15) is 15.2 Å². The van der Waals surface area contributed by atoms with E-state index in [0.717, 1.165) is 59.9 Å². The van der Waals surface area contributed by atoms with Gasteiger partial charge < -0.3 is 28.5 Å². The summed E-state index contributed by atoms with van der Waals surface area (Å²) in [7, 11) is 1.53. The molecule has 0 saturated carbocycles. The summed E-state index contributed by atoms with van der Waals surface area (Å²) in [5.74, 6) is 1.81. The number of methoxy groups -OCH3 is 1. The predicted octanol–water partition coefficient (Wildman–Crippen LogP) is 5.00. The third-order valence-corrected chi connectivity index (χ3v) is 8.55. The number of carboxylic acid groups (broad SMARTS) is 1. The highest BCUT2D eigenvalue weighted by atomic mass is 35.5. The van der Waals surface area contributed by atoms with E-state index in [1.54, 1.807) is 24.3 Å². The van der Waals surface area contributed by atoms with Gasteiger partial charge in [-0.25, -0.2) is 14.8 Å². The fourth-order valence-electron chi connectivity index (χ4n) is 5.92. The maximum absolute atomic E-state index is 11.9. The van der Waals surface area contributed by atoms with Crippen LogP contribution in [0.15, 0.2) is 48.5 Å². The number of halogens is 1. The van der Waals surface area contributed by atoms with E-state index in [0.29, 0.717) is 47.2 Å². The van der Waals surface area contributed by atoms with Crippen molar-refractivity contribution in [2.75, 3.05) is 20.3 Å². The Morgan fingerprint density at radius 3 is 2.73 bits per heavy atom. The van der Waals surface area contributed by atoms with Gasteiger partial charge in [-0.1, -0.05) is 23.7 Å². The maximum atomic E-state index is 11.9. The number of hydrogen-bond acceptors (Lipinski definition) is 8. The van der Waals surface area contributed by atoms with Crippen molar-refractivity contribution in [3.63, 3.8) is 0 Å². The summed E-state index contributed by atoms with van der Waals surface area (Å²) in [6.45, 7) is 4.21. The number of aromatic carboxylic acids is 1. The molecule has 0 aliphatic carbocycles. The van der Waals surface area contributed by atoms with Gasteiger partial charge in [0.05, 0.1) is 61.1 Å². The van der Waals surface area contributed by atoms with Crippen molar-refractivity contribution in [3.05, 3.63) is 81.9 Å². The van der Waals surface area contributed by atoms with Crippen LogP contribution in [0.1, 0.15) is 39.6 Å². The molecule has 12 heteroatoms. The van der Waals surface area contributed by atoms with Gasteiger partial charge in [-0.05, 0) is 42.8 Å². The van der Waals surface area contributed by atoms with Gasteiger partial charge in [0.1, 0.15) is 40.8 Å². The molecule has 0 unspecified atom stereocenters. The molecule has 1 fully saturated rings. The average molecular weight is 613 g/mol. The van der Waals surface area contributed by atoms with Gasteiger partial charge in [-0.3, -0.25) is 4.90 Å². The molecule has 7 rings (SSSR count). The molecule has 5 aromatic rings. The van der Waals surface area contributed by atoms with E-state index in [4.69, 9.17) is 35.8 Å². The molecule has 1 N–H and O–H groups in total. The monoisotopic (exact) mass is 612 g/mol. The molecule has 11 nitrogen and oxygen atoms in total. The van der Waals surface area contributed by atoms with Crippen molar-refractivity contribution >= 4 is 39.6 Å². The van der Waals surface area contributed by atoms with E-state index < -0.39 is 5.97 Å². The van der Waals surface area contributed by atoms with Crippen LogP contribution in [-0.4, -0.2) is 61.4 Å². The number of carbonyl (C=O) groups is 1. The lowest BCUT2D eigenvalue weighted by molar-refractivity contribution is -0.0592. The van der Waals surface area contributed by atoms with Crippen LogP contribution < -0.4 is 9.47 Å². The number of carboxylic acids is 1. The van der Waals surface area contributed by atoms with Gasteiger partial charge in [-0.15, -0.1) is 0 Å². The van der Waals surface area contributed by atoms with Crippen molar-refractivity contribution < 1.29 is 24.1 Å². The third kappa shape index (κ3) is 5.11. The number of nitrogens with zero attached hydrogens (tertiary/aromatic N) is 6. The minimum Gasteiger partial charge on any atom is -0.494 e. The number of nitriles is 1. The zero-order chi connectivity index (χ0) is 30.4. The van der Waals surface area contributed by atoms with Gasteiger partial charge >= 0.3 is 5.97 Å². The molecular weight excluding hydrogens is 584 g/mol. The Bertz CT molecular complexity index is 1960. The Hall–Kier alpha value is -4.63. The number of ether oxygens (including phenoxy) is 3. The summed E-state index contributed by atoms with van der Waals surface area (Å²) in [4.78, 5) is 24.1. The van der Waals surface area contributed by atoms with Crippen LogP contribution in [0, 0.1) is 11.3 Å². The topological polar surface area (TPSA) is 128 Å². The first kappa shape index (κ1) is 28.2. The molecule has 1 saturated heterocycles. The molecule has 2 aromatic heterocycles. The Morgan fingerprint density at radius 1 is 1.14 bits per heavy atom. The lowest BCUT2D eigenvalue weighted by Crippen LogP contribution is -2.35. The number of imidazole rings is 2. The molecule has 2 aliphatic rings. The SMILES string of the molecule is COc1cc(C(=O)O)cc2c1nc(CN1CCn3c(nc4c(OCc5ccc(Cl)cc5C#N)cccc43)C1)n2C[C@@H]1CCO1. The van der Waals surface area contributed by atoms with E-state index in [1.807, 2.05) is 18.2 Å². The van der Waals surface area contributed by atoms with Gasteiger partial charge in [0.15, 0.2) is 0 Å². The van der Waals surface area contributed by atoms with Crippen LogP contribution in [0.3, 0.4) is 0 Å². The first-order valence-electron chi connectivity index (χ1n) is 14.4. The summed E-state index contributed by atoms with van der Waals surface area (Å²) in [6.07, 6.45) is 1.01. The lowest BCUT2D eigenvalue weighted by Gasteiger charge is -2.30. The van der Waals surface area contributed by atoms with Crippen molar-refractivity contribution in [2.24, 2.45) is 0 Å². The van der Waals surface area contributed by atoms with Crippen LogP contribution in [0.25, 0.3) is 22.1 Å². The minimum absolute atomic E-state index is 0.0618. The second-order valence-corrected chi connectivity index (χ2v) is 11.4. The zero-order valence-corrected chi connectivity index (χ0v) is 24.8. The predicted molar refractivity (Wildman–Crippen MR) is 162 cm³/mol. The first-order chi connectivity index (χ1) is 21.4. The summed E-state index contributed by atoms with van der Waals surface area (Å²) in [5.41, 5.74) is 4.52. The molecule has 4 heterocycles. The molecule has 3 aromatic carbocycles. The fraction of sp³-hybridized carbons (Fsp3) is 0.312. The van der Waals surface area contributed by atoms with Crippen LogP contribution in [0.4, 0.5) is 0 Å². The standard InChI is InChI=1S/C32H29ClN6O5/c1-42-27-13-20(32(40)41)12-25-31(27)36-29(39(25)15-23-7-10-43-23)17-37-8-9-38-24-3-2-4-26(30(24)35-28(38)16-37)44-18-19-5-6-22(33)11-21(19)14-34/h2-6,11-13,23H,7-10,15-18H2,1H3,(H,40,41)/t23-/m0/s1. The number of para-hydroxylation sites is 1. The molecule has 0 radical (unpaired) electrons. The molecule has 0 spiro atoms. The van der Waals surface area contributed by atoms with Gasteiger partial charge in [-0.2, -0.15) is 5.26 Å². The second-order valence-electron chi connectivity index (χ2n) is 11.0. The van der Waals surface area contributed by atoms with Crippen molar-refractivity contribution in [1.29, 1.82) is 5.26 Å². The highest BCUT2D eigenvalue weighted by Gasteiger charge is 2.27. The molecule has 2 aliphatic heterocycles. The quantitative estimate of drug-likeness (QED) is 0.244. The van der Waals surface area contributed by atoms with E-state index in [-0.39, 0.29) is 18.3 Å². The lowest BCUT2D eigenvalue weighted by atomic mass is 10.1. The van der Waals surface area contributed by atoms with Crippen LogP contribution in [0.2, 0.25) is 5.02 Å². The Kier molecular flexibility index (Phi) is 7.34. The Morgan fingerprint density at radius 2 is 1.98 bits per heavy atom. The van der Waals surface area contributed by atoms with Gasteiger partial charge in [0, 0.05) is 30.3 Å². The number of aromatic nitrogens is 4. The third-order valence-electron chi connectivity index (χ3n) is 8.31. The number of fused-ring (bicyclic) bond motifs is 4. The highest BCUT2D eigenvalue weighted by Crippen LogP contribution is 2.32. The number of benzene rings is 3. The van der Waals surface area contributed by atoms with Gasteiger partial charge in [0.25, 0.3) is 0 Å². The molecule has 1 atom stereocenters. The maximum Gasteiger partial charge on any atom is 0.335 e. The molecular formula is C32H29ClN6O5. The van der Waals surface area contributed by atoms with E-state index in [2.05, 4.69) is 20.1 Å². The van der Waals surface area contributed by atoms with Crippen LogP contribution in [0.5, 0.6) is 11.5 Å². The molecule has 224 valence electrons. The Balaban J connectivity index is 1.16. The highest BCUT2D eigenvalue weighted by molar-refractivity contribution is 6.30. The van der Waals surface area contributed by atoms with Crippen molar-refractivity contribution in [2.45, 2.75) is 45.3 Å². The molecule has 0 bridgehead atoms. The number of hydrogen-bond donors (Lipinski definition) is 1. The smallest absolute Gasteiger partial charge is 0.335 e. The van der Waals surface area contributed by atoms with Crippen LogP contribution >= 0.6 is 11.6 Å². The normalized spacial score (nSPS) is 16.4. The minimum atomic E-state index is -1.02. The summed E-state index contributed by atoms with van der Waals surface area (Å²) in [5, 5.41) is 19.7. The summed E-state index contributed by atoms with van der Waals surface area (Å²) < 4.78 is 21.7. The first-order valence-corrected chi connectivity index (χ1v) is 14.7. The second kappa shape index (κ2) is 11.5. The molecule has 44 heavy (non-hydrogen) atoms. The Labute approximate surface area is 257 Å². The largest absolute Gasteiger partial charge is 0.494 e. The fourth-order valence-corrected chi connectivity index (χ4v) is 6.09. The van der Waals surface area contributed by atoms with Gasteiger partial charge in [0.2, 0.25) is 0 Å². The zero-order valence-electron chi connectivity index (χ0n) is 24.0. The van der Waals surface area contributed by atoms with Crippen LogP contribution in [-0.2, 0) is 37.5 Å². The van der Waals surface area contributed by atoms with Crippen molar-refractivity contribution in [3.8, 4) is 17.6 Å². The van der Waals surface area contributed by atoms with E-state index in [1.165, 1.54) is 13.2 Å². The molecule has 0 amide bonds. The summed E-state index contributed by atoms with van der Waals surface area (Å²) >= 11 is 6.06.